The Morgan fingerprint density at radius 1 is 1.59 bits per heavy atom. The summed E-state index contributed by atoms with van der Waals surface area (Å²) in [6.07, 6.45) is 0. The summed E-state index contributed by atoms with van der Waals surface area (Å²) >= 11 is 4.60. The third-order valence-electron chi connectivity index (χ3n) is 2.23. The van der Waals surface area contributed by atoms with Gasteiger partial charge in [0.2, 0.25) is 0 Å². The summed E-state index contributed by atoms with van der Waals surface area (Å²) in [5, 5.41) is 0. The molecule has 0 aliphatic carbocycles. The summed E-state index contributed by atoms with van der Waals surface area (Å²) in [7, 11) is -3.39. The van der Waals surface area contributed by atoms with Crippen LogP contribution < -0.4 is 0 Å². The Morgan fingerprint density at radius 3 is 2.53 bits per heavy atom. The number of nitrogens with zero attached hydrogens (tertiary/aromatic N) is 1. The molecule has 0 atom stereocenters. The van der Waals surface area contributed by atoms with Crippen molar-refractivity contribution in [2.45, 2.75) is 25.0 Å². The van der Waals surface area contributed by atoms with Gasteiger partial charge in [0.05, 0.1) is 3.79 Å². The molecular formula is C11H16BrNO2S2. The average molecular weight is 338 g/mol. The monoisotopic (exact) mass is 337 g/mol. The van der Waals surface area contributed by atoms with E-state index in [0.29, 0.717) is 17.3 Å². The second-order valence-corrected chi connectivity index (χ2v) is 8.45. The van der Waals surface area contributed by atoms with Crippen molar-refractivity contribution in [2.24, 2.45) is 0 Å². The van der Waals surface area contributed by atoms with Crippen LogP contribution in [0.4, 0.5) is 0 Å². The number of aryl methyl sites for hydroxylation is 1. The van der Waals surface area contributed by atoms with E-state index in [4.69, 9.17) is 0 Å². The molecule has 1 rings (SSSR count). The van der Waals surface area contributed by atoms with Crippen molar-refractivity contribution in [3.8, 4) is 0 Å². The van der Waals surface area contributed by atoms with E-state index in [-0.39, 0.29) is 0 Å². The average Bonchev–Trinajstić information content (AvgIpc) is 2.56. The van der Waals surface area contributed by atoms with E-state index in [1.165, 1.54) is 15.6 Å². The minimum absolute atomic E-state index is 0.368. The second kappa shape index (κ2) is 5.65. The first-order valence-corrected chi connectivity index (χ1v) is 8.24. The van der Waals surface area contributed by atoms with E-state index in [0.717, 1.165) is 14.9 Å². The molecule has 6 heteroatoms. The smallest absolute Gasteiger partial charge is 0.206 e. The molecule has 1 aromatic heterocycles. The highest BCUT2D eigenvalue weighted by atomic mass is 79.9. The van der Waals surface area contributed by atoms with E-state index < -0.39 is 10.0 Å². The van der Waals surface area contributed by atoms with Gasteiger partial charge >= 0.3 is 0 Å². The van der Waals surface area contributed by atoms with E-state index in [9.17, 15) is 8.42 Å². The van der Waals surface area contributed by atoms with Crippen molar-refractivity contribution in [1.29, 1.82) is 0 Å². The highest BCUT2D eigenvalue weighted by Crippen LogP contribution is 2.32. The van der Waals surface area contributed by atoms with Gasteiger partial charge in [0.1, 0.15) is 4.21 Å². The van der Waals surface area contributed by atoms with Crippen LogP contribution in [0, 0.1) is 6.92 Å². The lowest BCUT2D eigenvalue weighted by Gasteiger charge is -2.19. The summed E-state index contributed by atoms with van der Waals surface area (Å²) in [5.74, 6) is 0. The highest BCUT2D eigenvalue weighted by molar-refractivity contribution is 9.11. The van der Waals surface area contributed by atoms with Crippen LogP contribution in [-0.4, -0.2) is 25.8 Å². The van der Waals surface area contributed by atoms with Crippen LogP contribution in [0.25, 0.3) is 0 Å². The molecule has 0 N–H and O–H groups in total. The van der Waals surface area contributed by atoms with E-state index >= 15 is 0 Å². The Bertz CT molecular complexity index is 500. The first-order valence-electron chi connectivity index (χ1n) is 5.19. The lowest BCUT2D eigenvalue weighted by atomic mass is 10.3. The van der Waals surface area contributed by atoms with Crippen molar-refractivity contribution in [1.82, 2.24) is 4.31 Å². The minimum Gasteiger partial charge on any atom is -0.206 e. The van der Waals surface area contributed by atoms with Crippen molar-refractivity contribution in [2.75, 3.05) is 13.1 Å². The number of halogens is 1. The van der Waals surface area contributed by atoms with Gasteiger partial charge in [0.25, 0.3) is 10.0 Å². The van der Waals surface area contributed by atoms with Crippen LogP contribution in [0.2, 0.25) is 0 Å². The highest BCUT2D eigenvalue weighted by Gasteiger charge is 2.25. The van der Waals surface area contributed by atoms with Crippen LogP contribution in [0.15, 0.2) is 26.2 Å². The van der Waals surface area contributed by atoms with Crippen molar-refractivity contribution in [3.63, 3.8) is 0 Å². The van der Waals surface area contributed by atoms with Gasteiger partial charge in [-0.1, -0.05) is 19.1 Å². The fourth-order valence-corrected chi connectivity index (χ4v) is 5.24. The van der Waals surface area contributed by atoms with Gasteiger partial charge in [-0.05, 0) is 41.4 Å². The number of sulfonamides is 1. The van der Waals surface area contributed by atoms with E-state index in [1.807, 2.05) is 20.8 Å². The molecule has 0 aliphatic rings. The zero-order chi connectivity index (χ0) is 13.2. The second-order valence-electron chi connectivity index (χ2n) is 3.91. The molecule has 0 saturated carbocycles. The zero-order valence-electron chi connectivity index (χ0n) is 10.2. The molecule has 0 saturated heterocycles. The van der Waals surface area contributed by atoms with Gasteiger partial charge in [-0.3, -0.25) is 0 Å². The fraction of sp³-hybridized carbons (Fsp3) is 0.455. The summed E-state index contributed by atoms with van der Waals surface area (Å²) in [5.41, 5.74) is 1.78. The molecule has 0 aliphatic heterocycles. The Labute approximate surface area is 115 Å². The topological polar surface area (TPSA) is 37.4 Å². The quantitative estimate of drug-likeness (QED) is 0.772. The first kappa shape index (κ1) is 14.9. The molecule has 1 heterocycles. The number of hydrogen-bond donors (Lipinski definition) is 0. The van der Waals surface area contributed by atoms with E-state index in [2.05, 4.69) is 22.5 Å². The van der Waals surface area contributed by atoms with Gasteiger partial charge < -0.3 is 0 Å². The number of rotatable bonds is 5. The van der Waals surface area contributed by atoms with Crippen LogP contribution in [-0.2, 0) is 10.0 Å². The van der Waals surface area contributed by atoms with Crippen molar-refractivity contribution >= 4 is 37.3 Å². The lowest BCUT2D eigenvalue weighted by Crippen LogP contribution is -2.31. The fourth-order valence-electron chi connectivity index (χ4n) is 1.35. The lowest BCUT2D eigenvalue weighted by molar-refractivity contribution is 0.454. The molecule has 1 aromatic rings. The Morgan fingerprint density at radius 2 is 2.18 bits per heavy atom. The predicted octanol–water partition coefficient (Wildman–Crippen LogP) is 3.41. The van der Waals surface area contributed by atoms with Crippen molar-refractivity contribution in [3.05, 3.63) is 27.6 Å². The molecule has 17 heavy (non-hydrogen) atoms. The van der Waals surface area contributed by atoms with Gasteiger partial charge in [-0.15, -0.1) is 11.3 Å². The molecular weight excluding hydrogens is 322 g/mol. The molecule has 0 amide bonds. The minimum atomic E-state index is -3.39. The molecule has 0 bridgehead atoms. The molecule has 0 radical (unpaired) electrons. The van der Waals surface area contributed by atoms with Gasteiger partial charge in [-0.2, -0.15) is 4.31 Å². The maximum absolute atomic E-state index is 12.3. The third kappa shape index (κ3) is 3.40. The number of thiophene rings is 1. The number of hydrogen-bond acceptors (Lipinski definition) is 3. The molecule has 3 nitrogen and oxygen atoms in total. The summed E-state index contributed by atoms with van der Waals surface area (Å²) in [6.45, 7) is 10.1. The normalized spacial score (nSPS) is 12.1. The zero-order valence-corrected chi connectivity index (χ0v) is 13.4. The molecule has 0 unspecified atom stereocenters. The largest absolute Gasteiger partial charge is 0.252 e. The predicted molar refractivity (Wildman–Crippen MR) is 76.0 cm³/mol. The van der Waals surface area contributed by atoms with Crippen LogP contribution in [0.1, 0.15) is 19.4 Å². The summed E-state index contributed by atoms with van der Waals surface area (Å²) < 4.78 is 27.4. The standard InChI is InChI=1S/C11H16BrNO2S2/c1-5-13(7-8(2)3)17(14,15)10-6-9(4)11(12)16-10/h6H,2,5,7H2,1,3-4H3. The molecule has 0 aromatic carbocycles. The SMILES string of the molecule is C=C(C)CN(CC)S(=O)(=O)c1cc(C)c(Br)s1. The Kier molecular flexibility index (Phi) is 4.95. The third-order valence-corrected chi connectivity index (χ3v) is 6.73. The molecule has 0 spiro atoms. The van der Waals surface area contributed by atoms with Crippen LogP contribution >= 0.6 is 27.3 Å². The van der Waals surface area contributed by atoms with Gasteiger partial charge in [-0.25, -0.2) is 8.42 Å². The summed E-state index contributed by atoms with van der Waals surface area (Å²) in [6, 6.07) is 1.70. The van der Waals surface area contributed by atoms with Crippen molar-refractivity contribution < 1.29 is 8.42 Å². The Hall–Kier alpha value is -0.170. The van der Waals surface area contributed by atoms with Crippen LogP contribution in [0.5, 0.6) is 0 Å². The van der Waals surface area contributed by atoms with Gasteiger partial charge in [0, 0.05) is 13.1 Å². The number of likely N-dealkylation sites (N-methyl/N-ethyl adjacent to an activating group) is 1. The van der Waals surface area contributed by atoms with Gasteiger partial charge in [0.15, 0.2) is 0 Å². The maximum atomic E-state index is 12.3. The first-order chi connectivity index (χ1) is 7.78. The molecule has 0 fully saturated rings. The van der Waals surface area contributed by atoms with Crippen LogP contribution in [0.3, 0.4) is 0 Å². The molecule has 96 valence electrons. The maximum Gasteiger partial charge on any atom is 0.252 e. The summed E-state index contributed by atoms with van der Waals surface area (Å²) in [4.78, 5) is 0. The Balaban J connectivity index is 3.12. The van der Waals surface area contributed by atoms with E-state index in [1.54, 1.807) is 6.07 Å².